The summed E-state index contributed by atoms with van der Waals surface area (Å²) in [6.45, 7) is 4.16. The summed E-state index contributed by atoms with van der Waals surface area (Å²) in [7, 11) is 0. The predicted octanol–water partition coefficient (Wildman–Crippen LogP) is 1.98. The van der Waals surface area contributed by atoms with Gasteiger partial charge in [0.15, 0.2) is 0 Å². The zero-order chi connectivity index (χ0) is 11.3. The van der Waals surface area contributed by atoms with Gasteiger partial charge < -0.3 is 0 Å². The van der Waals surface area contributed by atoms with Crippen molar-refractivity contribution in [1.29, 1.82) is 0 Å². The van der Waals surface area contributed by atoms with E-state index in [2.05, 4.69) is 10.5 Å². The summed E-state index contributed by atoms with van der Waals surface area (Å²) in [5, 5.41) is 0.316. The van der Waals surface area contributed by atoms with Crippen LogP contribution >= 0.6 is 11.6 Å². The summed E-state index contributed by atoms with van der Waals surface area (Å²) in [5.74, 6) is -0.309. The van der Waals surface area contributed by atoms with Crippen LogP contribution in [-0.4, -0.2) is 17.5 Å². The lowest BCUT2D eigenvalue weighted by Crippen LogP contribution is -2.23. The molecule has 0 spiro atoms. The minimum Gasteiger partial charge on any atom is -0.274 e. The molecule has 0 radical (unpaired) electrons. The molecule has 4 nitrogen and oxygen atoms in total. The third kappa shape index (κ3) is 3.49. The highest BCUT2D eigenvalue weighted by atomic mass is 35.5. The Hall–Kier alpha value is -1.13. The number of carbonyl (C=O) groups is 1. The molecular formula is C10H13ClN2O2. The number of amides is 1. The average molecular weight is 229 g/mol. The van der Waals surface area contributed by atoms with Gasteiger partial charge in [0.25, 0.3) is 5.91 Å². The van der Waals surface area contributed by atoms with E-state index in [1.165, 1.54) is 6.07 Å². The van der Waals surface area contributed by atoms with E-state index in [1.807, 2.05) is 6.92 Å². The van der Waals surface area contributed by atoms with Gasteiger partial charge in [0.1, 0.15) is 5.15 Å². The number of hydrogen-bond acceptors (Lipinski definition) is 3. The summed E-state index contributed by atoms with van der Waals surface area (Å²) in [5.41, 5.74) is 3.54. The van der Waals surface area contributed by atoms with E-state index >= 15 is 0 Å². The monoisotopic (exact) mass is 228 g/mol. The zero-order valence-corrected chi connectivity index (χ0v) is 9.47. The van der Waals surface area contributed by atoms with Crippen LogP contribution in [-0.2, 0) is 11.3 Å². The van der Waals surface area contributed by atoms with E-state index in [9.17, 15) is 4.79 Å². The van der Waals surface area contributed by atoms with Crippen molar-refractivity contribution in [2.24, 2.45) is 0 Å². The maximum Gasteiger partial charge on any atom is 0.275 e. The Labute approximate surface area is 93.6 Å². The molecule has 0 aliphatic heterocycles. The van der Waals surface area contributed by atoms with Crippen molar-refractivity contribution in [2.45, 2.75) is 20.3 Å². The predicted molar refractivity (Wildman–Crippen MR) is 57.7 cm³/mol. The number of rotatable bonds is 4. The highest BCUT2D eigenvalue weighted by Gasteiger charge is 2.08. The Morgan fingerprint density at radius 2 is 2.27 bits per heavy atom. The van der Waals surface area contributed by atoms with E-state index in [1.54, 1.807) is 13.0 Å². The van der Waals surface area contributed by atoms with Gasteiger partial charge in [-0.05, 0) is 25.5 Å². The molecule has 0 saturated carbocycles. The molecule has 82 valence electrons. The van der Waals surface area contributed by atoms with E-state index in [4.69, 9.17) is 16.4 Å². The first-order valence-corrected chi connectivity index (χ1v) is 5.13. The molecule has 0 saturated heterocycles. The number of aryl methyl sites for hydroxylation is 1. The van der Waals surface area contributed by atoms with Crippen molar-refractivity contribution in [2.75, 3.05) is 6.61 Å². The molecule has 0 unspecified atom stereocenters. The Kier molecular flexibility index (Phi) is 4.52. The van der Waals surface area contributed by atoms with Crippen LogP contribution in [0.5, 0.6) is 0 Å². The molecule has 1 amide bonds. The minimum atomic E-state index is -0.309. The smallest absolute Gasteiger partial charge is 0.274 e. The highest BCUT2D eigenvalue weighted by Crippen LogP contribution is 2.11. The molecule has 0 aromatic carbocycles. The number of hydrogen-bond donors (Lipinski definition) is 1. The fourth-order valence-corrected chi connectivity index (χ4v) is 1.29. The second-order valence-electron chi connectivity index (χ2n) is 2.89. The maximum absolute atomic E-state index is 11.5. The topological polar surface area (TPSA) is 51.2 Å². The maximum atomic E-state index is 11.5. The van der Waals surface area contributed by atoms with Crippen LogP contribution in [0.1, 0.15) is 29.9 Å². The molecule has 5 heteroatoms. The standard InChI is InChI=1S/C10H13ClN2O2/c1-3-8-5-7(6-9(11)12-8)10(14)13-15-4-2/h5-6H,3-4H2,1-2H3,(H,13,14). The molecule has 1 heterocycles. The van der Waals surface area contributed by atoms with Crippen molar-refractivity contribution in [1.82, 2.24) is 10.5 Å². The summed E-state index contributed by atoms with van der Waals surface area (Å²) in [6.07, 6.45) is 0.732. The first kappa shape index (κ1) is 11.9. The van der Waals surface area contributed by atoms with Crippen LogP contribution in [0.2, 0.25) is 5.15 Å². The molecule has 0 fully saturated rings. The van der Waals surface area contributed by atoms with Crippen molar-refractivity contribution in [3.8, 4) is 0 Å². The second-order valence-corrected chi connectivity index (χ2v) is 3.27. The number of carbonyl (C=O) groups excluding carboxylic acids is 1. The number of hydroxylamine groups is 1. The van der Waals surface area contributed by atoms with Gasteiger partial charge in [0, 0.05) is 11.3 Å². The molecule has 0 bridgehead atoms. The van der Waals surface area contributed by atoms with E-state index in [-0.39, 0.29) is 5.91 Å². The summed E-state index contributed by atoms with van der Waals surface area (Å²) >= 11 is 5.77. The first-order valence-electron chi connectivity index (χ1n) is 4.76. The molecule has 1 rings (SSSR count). The van der Waals surface area contributed by atoms with Gasteiger partial charge in [0.05, 0.1) is 6.61 Å². The molecule has 1 aromatic rings. The molecular weight excluding hydrogens is 216 g/mol. The number of nitrogens with zero attached hydrogens (tertiary/aromatic N) is 1. The highest BCUT2D eigenvalue weighted by molar-refractivity contribution is 6.29. The van der Waals surface area contributed by atoms with Crippen LogP contribution in [0.15, 0.2) is 12.1 Å². The lowest BCUT2D eigenvalue weighted by Gasteiger charge is -2.05. The number of pyridine rings is 1. The van der Waals surface area contributed by atoms with Gasteiger partial charge in [-0.1, -0.05) is 18.5 Å². The van der Waals surface area contributed by atoms with Crippen molar-refractivity contribution < 1.29 is 9.63 Å². The van der Waals surface area contributed by atoms with E-state index in [0.717, 1.165) is 12.1 Å². The van der Waals surface area contributed by atoms with Crippen molar-refractivity contribution in [3.63, 3.8) is 0 Å². The third-order valence-corrected chi connectivity index (χ3v) is 1.97. The van der Waals surface area contributed by atoms with Gasteiger partial charge in [0.2, 0.25) is 0 Å². The van der Waals surface area contributed by atoms with Gasteiger partial charge >= 0.3 is 0 Å². The lowest BCUT2D eigenvalue weighted by molar-refractivity contribution is 0.0364. The SMILES string of the molecule is CCONC(=O)c1cc(Cl)nc(CC)c1. The van der Waals surface area contributed by atoms with Gasteiger partial charge in [-0.3, -0.25) is 9.63 Å². The fraction of sp³-hybridized carbons (Fsp3) is 0.400. The van der Waals surface area contributed by atoms with Crippen LogP contribution in [0.3, 0.4) is 0 Å². The summed E-state index contributed by atoms with van der Waals surface area (Å²) in [6, 6.07) is 3.20. The van der Waals surface area contributed by atoms with Gasteiger partial charge in [-0.2, -0.15) is 0 Å². The zero-order valence-electron chi connectivity index (χ0n) is 8.71. The number of aromatic nitrogens is 1. The third-order valence-electron chi connectivity index (χ3n) is 1.78. The van der Waals surface area contributed by atoms with E-state index < -0.39 is 0 Å². The van der Waals surface area contributed by atoms with Crippen LogP contribution in [0.4, 0.5) is 0 Å². The molecule has 1 aromatic heterocycles. The molecule has 0 atom stereocenters. The molecule has 0 aliphatic rings. The summed E-state index contributed by atoms with van der Waals surface area (Å²) in [4.78, 5) is 20.4. The summed E-state index contributed by atoms with van der Waals surface area (Å²) < 4.78 is 0. The molecule has 0 aliphatic carbocycles. The average Bonchev–Trinajstić information content (AvgIpc) is 2.24. The Morgan fingerprint density at radius 1 is 1.53 bits per heavy atom. The normalized spacial score (nSPS) is 10.1. The van der Waals surface area contributed by atoms with Gasteiger partial charge in [-0.25, -0.2) is 10.5 Å². The fourth-order valence-electron chi connectivity index (χ4n) is 1.06. The largest absolute Gasteiger partial charge is 0.275 e. The van der Waals surface area contributed by atoms with Crippen molar-refractivity contribution in [3.05, 3.63) is 28.5 Å². The van der Waals surface area contributed by atoms with Crippen LogP contribution in [0.25, 0.3) is 0 Å². The molecule has 1 N–H and O–H groups in total. The van der Waals surface area contributed by atoms with Crippen LogP contribution < -0.4 is 5.48 Å². The second kappa shape index (κ2) is 5.68. The van der Waals surface area contributed by atoms with E-state index in [0.29, 0.717) is 17.3 Å². The quantitative estimate of drug-likeness (QED) is 0.633. The lowest BCUT2D eigenvalue weighted by atomic mass is 10.2. The Balaban J connectivity index is 2.83. The number of halogens is 1. The Morgan fingerprint density at radius 3 is 2.87 bits per heavy atom. The minimum absolute atomic E-state index is 0.309. The van der Waals surface area contributed by atoms with Gasteiger partial charge in [-0.15, -0.1) is 0 Å². The Bertz CT molecular complexity index is 355. The van der Waals surface area contributed by atoms with Crippen LogP contribution in [0, 0.1) is 0 Å². The first-order chi connectivity index (χ1) is 7.17. The van der Waals surface area contributed by atoms with Crippen molar-refractivity contribution >= 4 is 17.5 Å². The molecule has 15 heavy (non-hydrogen) atoms. The number of nitrogens with one attached hydrogen (secondary N) is 1.